The first-order valence-corrected chi connectivity index (χ1v) is 17.4. The maximum Gasteiger partial charge on any atom is 0.0876 e. The molecule has 5 heterocycles. The summed E-state index contributed by atoms with van der Waals surface area (Å²) in [7, 11) is 0. The van der Waals surface area contributed by atoms with Crippen LogP contribution >= 0.6 is 0 Å². The topological polar surface area (TPSA) is 51.6 Å². The molecule has 0 aliphatic carbocycles. The minimum absolute atomic E-state index is 0. The van der Waals surface area contributed by atoms with E-state index < -0.39 is 0 Å². The number of nitrogens with zero attached hydrogens (tertiary/aromatic N) is 4. The maximum atomic E-state index is 4.62. The van der Waals surface area contributed by atoms with E-state index in [1.54, 1.807) is 12.4 Å². The molecule has 0 aliphatic heterocycles. The van der Waals surface area contributed by atoms with Gasteiger partial charge in [0.05, 0.1) is 22.8 Å². The van der Waals surface area contributed by atoms with Gasteiger partial charge in [-0.15, -0.1) is 71.8 Å². The quantitative estimate of drug-likeness (QED) is 0.130. The van der Waals surface area contributed by atoms with Gasteiger partial charge in [0, 0.05) is 12.4 Å². The summed E-state index contributed by atoms with van der Waals surface area (Å²) in [5.41, 5.74) is 7.35. The predicted octanol–water partition coefficient (Wildman–Crippen LogP) is 9.87. The molecule has 0 aliphatic rings. The standard InChI is InChI=1S/2C16H11N2.C12H6Se.2Pt/c2*1-2-7-13(8-3-1)14-10-6-11-16(18-14)15-9-4-5-12-17-15;1-3-7-11-9(5-1)10-6-2-4-8-12(10)13-11;;/h2*1-7,9-12H;1-4,7-8H;;/q2*-1;-2;2*+2. The van der Waals surface area contributed by atoms with Crippen molar-refractivity contribution >= 4 is 33.8 Å². The molecule has 7 heteroatoms. The van der Waals surface area contributed by atoms with Gasteiger partial charge in [0.25, 0.3) is 0 Å². The minimum atomic E-state index is 0. The summed E-state index contributed by atoms with van der Waals surface area (Å²) in [4.78, 5) is 17.9. The van der Waals surface area contributed by atoms with Crippen LogP contribution in [0, 0.1) is 24.3 Å². The van der Waals surface area contributed by atoms with Crippen molar-refractivity contribution in [2.75, 3.05) is 0 Å². The third-order valence-electron chi connectivity index (χ3n) is 7.43. The molecule has 0 amide bonds. The van der Waals surface area contributed by atoms with Gasteiger partial charge >= 0.3 is 124 Å². The van der Waals surface area contributed by atoms with Crippen LogP contribution in [0.4, 0.5) is 0 Å². The molecular weight excluding hydrogens is 1050 g/mol. The van der Waals surface area contributed by atoms with Gasteiger partial charge in [-0.2, -0.15) is 0 Å². The monoisotopic (exact) mass is 1080 g/mol. The van der Waals surface area contributed by atoms with Crippen LogP contribution in [0.25, 0.3) is 64.6 Å². The average Bonchev–Trinajstić information content (AvgIpc) is 3.59. The van der Waals surface area contributed by atoms with Crippen molar-refractivity contribution in [3.63, 3.8) is 0 Å². The Balaban J connectivity index is 0.000000147. The summed E-state index contributed by atoms with van der Waals surface area (Å²) in [5, 5.41) is 2.52. The minimum Gasteiger partial charge on any atom is -0.295 e. The van der Waals surface area contributed by atoms with Crippen LogP contribution in [-0.4, -0.2) is 34.4 Å². The van der Waals surface area contributed by atoms with Crippen molar-refractivity contribution in [2.45, 2.75) is 0 Å². The summed E-state index contributed by atoms with van der Waals surface area (Å²) >= 11 is 0.472. The zero-order valence-corrected chi connectivity index (χ0v) is 33.3. The second-order valence-electron chi connectivity index (χ2n) is 10.7. The van der Waals surface area contributed by atoms with Gasteiger partial charge in [0.1, 0.15) is 0 Å². The summed E-state index contributed by atoms with van der Waals surface area (Å²) in [6, 6.07) is 64.6. The maximum absolute atomic E-state index is 4.62. The Bertz CT molecular complexity index is 2110. The van der Waals surface area contributed by atoms with E-state index in [0.717, 1.165) is 45.3 Å². The van der Waals surface area contributed by atoms with Crippen molar-refractivity contribution in [1.82, 2.24) is 19.9 Å². The van der Waals surface area contributed by atoms with Crippen LogP contribution in [0.5, 0.6) is 0 Å². The van der Waals surface area contributed by atoms with Crippen molar-refractivity contribution in [3.8, 4) is 45.3 Å². The fourth-order valence-electron chi connectivity index (χ4n) is 5.11. The van der Waals surface area contributed by atoms with Crippen LogP contribution in [0.3, 0.4) is 0 Å². The van der Waals surface area contributed by atoms with E-state index >= 15 is 0 Å². The van der Waals surface area contributed by atoms with Gasteiger partial charge in [0.15, 0.2) is 0 Å². The molecule has 9 aromatic rings. The van der Waals surface area contributed by atoms with Gasteiger partial charge < -0.3 is 0 Å². The molecule has 0 atom stereocenters. The SMILES string of the molecule is [Pt+2].[Pt+2].[c-]1cccc2[se]c3ccc[c-]c3c12.[c-]1ccccc1-c1cccc(-c2ccccn2)n1.[c-]1ccccc1-c1cccc(-c2ccccn2)n1. The first kappa shape index (κ1) is 37.6. The van der Waals surface area contributed by atoms with Crippen LogP contribution in [0.1, 0.15) is 0 Å². The summed E-state index contributed by atoms with van der Waals surface area (Å²) in [6.07, 6.45) is 3.55. The van der Waals surface area contributed by atoms with E-state index in [1.165, 1.54) is 19.3 Å². The molecule has 0 radical (unpaired) electrons. The molecule has 0 saturated carbocycles. The molecule has 0 fully saturated rings. The number of hydrogen-bond donors (Lipinski definition) is 0. The molecule has 5 aromatic heterocycles. The summed E-state index contributed by atoms with van der Waals surface area (Å²) in [6.45, 7) is 0. The van der Waals surface area contributed by atoms with Crippen molar-refractivity contribution in [3.05, 3.63) is 194 Å². The number of benzene rings is 4. The van der Waals surface area contributed by atoms with Gasteiger partial charge in [0.2, 0.25) is 0 Å². The molecule has 51 heavy (non-hydrogen) atoms. The third-order valence-corrected chi connectivity index (χ3v) is 9.78. The van der Waals surface area contributed by atoms with E-state index in [-0.39, 0.29) is 42.1 Å². The van der Waals surface area contributed by atoms with E-state index in [2.05, 4.69) is 68.5 Å². The van der Waals surface area contributed by atoms with E-state index in [4.69, 9.17) is 0 Å². The van der Waals surface area contributed by atoms with Crippen LogP contribution in [0.15, 0.2) is 170 Å². The Morgan fingerprint density at radius 3 is 1.18 bits per heavy atom. The van der Waals surface area contributed by atoms with E-state index in [0.29, 0.717) is 14.5 Å². The smallest absolute Gasteiger partial charge is 0.0876 e. The molecule has 0 N–H and O–H groups in total. The zero-order chi connectivity index (χ0) is 33.1. The Hall–Kier alpha value is -4.62. The number of pyridine rings is 4. The molecule has 0 spiro atoms. The Kier molecular flexibility index (Phi) is 14.1. The molecule has 4 nitrogen and oxygen atoms in total. The predicted molar refractivity (Wildman–Crippen MR) is 200 cm³/mol. The molecule has 0 saturated heterocycles. The molecule has 250 valence electrons. The van der Waals surface area contributed by atoms with Crippen molar-refractivity contribution < 1.29 is 42.1 Å². The molecular formula is C44H28N4Pt2Se. The number of fused-ring (bicyclic) bond motifs is 3. The van der Waals surface area contributed by atoms with Gasteiger partial charge in [-0.1, -0.05) is 36.4 Å². The largest absolute Gasteiger partial charge is 0.295 e. The molecule has 9 rings (SSSR count). The van der Waals surface area contributed by atoms with Gasteiger partial charge in [-0.3, -0.25) is 19.9 Å². The first-order valence-electron chi connectivity index (χ1n) is 15.7. The summed E-state index contributed by atoms with van der Waals surface area (Å²) in [5.74, 6) is 0. The fourth-order valence-corrected chi connectivity index (χ4v) is 7.33. The Labute approximate surface area is 333 Å². The summed E-state index contributed by atoms with van der Waals surface area (Å²) < 4.78 is 2.87. The van der Waals surface area contributed by atoms with Crippen LogP contribution in [0.2, 0.25) is 0 Å². The molecule has 0 bridgehead atoms. The second-order valence-corrected chi connectivity index (χ2v) is 13.0. The number of hydrogen-bond acceptors (Lipinski definition) is 4. The average molecular weight is 1080 g/mol. The van der Waals surface area contributed by atoms with Crippen LogP contribution < -0.4 is 0 Å². The third kappa shape index (κ3) is 9.79. The van der Waals surface area contributed by atoms with Gasteiger partial charge in [-0.25, -0.2) is 0 Å². The Morgan fingerprint density at radius 2 is 0.765 bits per heavy atom. The normalized spacial score (nSPS) is 10.0. The Morgan fingerprint density at radius 1 is 0.353 bits per heavy atom. The van der Waals surface area contributed by atoms with E-state index in [9.17, 15) is 0 Å². The van der Waals surface area contributed by atoms with E-state index in [1.807, 2.05) is 133 Å². The second kappa shape index (κ2) is 19.1. The van der Waals surface area contributed by atoms with Crippen molar-refractivity contribution in [2.24, 2.45) is 0 Å². The fraction of sp³-hybridized carbons (Fsp3) is 0. The number of aromatic nitrogens is 4. The van der Waals surface area contributed by atoms with Crippen molar-refractivity contribution in [1.29, 1.82) is 0 Å². The molecule has 4 aromatic carbocycles. The zero-order valence-electron chi connectivity index (χ0n) is 27.0. The first-order chi connectivity index (χ1) is 24.3. The number of rotatable bonds is 4. The molecule has 0 unspecified atom stereocenters. The van der Waals surface area contributed by atoms with Gasteiger partial charge in [-0.05, 0) is 47.8 Å². The van der Waals surface area contributed by atoms with Crippen LogP contribution in [-0.2, 0) is 42.1 Å².